The molecule has 0 aromatic carbocycles. The second-order valence-electron chi connectivity index (χ2n) is 5.32. The molecule has 0 radical (unpaired) electrons. The van der Waals surface area contributed by atoms with Crippen molar-refractivity contribution >= 4 is 33.1 Å². The van der Waals surface area contributed by atoms with E-state index in [-0.39, 0.29) is 5.91 Å². The summed E-state index contributed by atoms with van der Waals surface area (Å²) in [5.74, 6) is 0.456. The van der Waals surface area contributed by atoms with E-state index in [1.807, 2.05) is 12.1 Å². The first-order valence-corrected chi connectivity index (χ1v) is 7.56. The van der Waals surface area contributed by atoms with Gasteiger partial charge in [0, 0.05) is 19.3 Å². The van der Waals surface area contributed by atoms with Crippen LogP contribution in [0, 0.1) is 5.92 Å². The normalized spacial score (nSPS) is 19.6. The number of aromatic nitrogens is 1. The van der Waals surface area contributed by atoms with Crippen molar-refractivity contribution in [1.82, 2.24) is 15.2 Å². The second kappa shape index (κ2) is 5.38. The first-order chi connectivity index (χ1) is 9.65. The lowest BCUT2D eigenvalue weighted by Gasteiger charge is -2.11. The Balaban J connectivity index is 1.71. The van der Waals surface area contributed by atoms with Crippen LogP contribution in [0.4, 0.5) is 5.69 Å². The molecule has 20 heavy (non-hydrogen) atoms. The molecular formula is C14H18N4OS. The minimum absolute atomic E-state index is 0.0833. The van der Waals surface area contributed by atoms with Gasteiger partial charge >= 0.3 is 0 Å². The van der Waals surface area contributed by atoms with Crippen LogP contribution >= 0.6 is 11.3 Å². The molecule has 1 unspecified atom stereocenters. The summed E-state index contributed by atoms with van der Waals surface area (Å²) < 4.78 is 0.954. The number of carbonyl (C=O) groups is 1. The smallest absolute Gasteiger partial charge is 0.263 e. The Hall–Kier alpha value is -1.66. The number of hydrogen-bond donors (Lipinski definition) is 2. The van der Waals surface area contributed by atoms with Gasteiger partial charge in [0.05, 0.1) is 10.4 Å². The summed E-state index contributed by atoms with van der Waals surface area (Å²) >= 11 is 1.41. The Morgan fingerprint density at radius 3 is 3.20 bits per heavy atom. The van der Waals surface area contributed by atoms with Gasteiger partial charge in [-0.1, -0.05) is 0 Å². The summed E-state index contributed by atoms with van der Waals surface area (Å²) in [5.41, 5.74) is 7.24. The van der Waals surface area contributed by atoms with Crippen LogP contribution in [0.25, 0.3) is 10.2 Å². The Morgan fingerprint density at radius 1 is 1.65 bits per heavy atom. The van der Waals surface area contributed by atoms with Gasteiger partial charge in [0.25, 0.3) is 5.91 Å². The minimum atomic E-state index is -0.0833. The molecule has 1 aliphatic rings. The number of likely N-dealkylation sites (tertiary alicyclic amines) is 1. The SMILES string of the molecule is CN1CCC(CNC(=O)c2sc3cccnc3c2N)C1. The van der Waals surface area contributed by atoms with Crippen molar-refractivity contribution in [2.75, 3.05) is 32.4 Å². The maximum Gasteiger partial charge on any atom is 0.263 e. The third kappa shape index (κ3) is 2.48. The van der Waals surface area contributed by atoms with E-state index in [0.29, 0.717) is 23.0 Å². The molecule has 0 bridgehead atoms. The van der Waals surface area contributed by atoms with Gasteiger partial charge in [-0.2, -0.15) is 0 Å². The number of anilines is 1. The number of amides is 1. The van der Waals surface area contributed by atoms with E-state index in [4.69, 9.17) is 5.73 Å². The molecule has 1 fully saturated rings. The summed E-state index contributed by atoms with van der Waals surface area (Å²) in [6, 6.07) is 3.79. The predicted octanol–water partition coefficient (Wildman–Crippen LogP) is 1.56. The van der Waals surface area contributed by atoms with Crippen LogP contribution in [0.1, 0.15) is 16.1 Å². The van der Waals surface area contributed by atoms with E-state index >= 15 is 0 Å². The molecule has 1 atom stereocenters. The zero-order valence-corrected chi connectivity index (χ0v) is 12.2. The van der Waals surface area contributed by atoms with Crippen molar-refractivity contribution in [3.63, 3.8) is 0 Å². The quantitative estimate of drug-likeness (QED) is 0.900. The van der Waals surface area contributed by atoms with Crippen LogP contribution in [0.3, 0.4) is 0 Å². The highest BCUT2D eigenvalue weighted by Gasteiger charge is 2.22. The Morgan fingerprint density at radius 2 is 2.50 bits per heavy atom. The number of carbonyl (C=O) groups excluding carboxylic acids is 1. The number of hydrogen-bond acceptors (Lipinski definition) is 5. The van der Waals surface area contributed by atoms with Crippen molar-refractivity contribution in [1.29, 1.82) is 0 Å². The van der Waals surface area contributed by atoms with E-state index < -0.39 is 0 Å². The van der Waals surface area contributed by atoms with Gasteiger partial charge in [0.15, 0.2) is 0 Å². The highest BCUT2D eigenvalue weighted by atomic mass is 32.1. The van der Waals surface area contributed by atoms with Gasteiger partial charge in [-0.05, 0) is 38.1 Å². The molecule has 3 rings (SSSR count). The van der Waals surface area contributed by atoms with Crippen molar-refractivity contribution in [2.24, 2.45) is 5.92 Å². The van der Waals surface area contributed by atoms with Gasteiger partial charge < -0.3 is 16.0 Å². The molecule has 6 heteroatoms. The Labute approximate surface area is 121 Å². The third-order valence-corrected chi connectivity index (χ3v) is 4.89. The molecule has 1 saturated heterocycles. The highest BCUT2D eigenvalue weighted by molar-refractivity contribution is 7.21. The molecule has 3 N–H and O–H groups in total. The zero-order chi connectivity index (χ0) is 14.1. The fourth-order valence-corrected chi connectivity index (χ4v) is 3.62. The largest absolute Gasteiger partial charge is 0.396 e. The monoisotopic (exact) mass is 290 g/mol. The number of nitrogens with zero attached hydrogens (tertiary/aromatic N) is 2. The highest BCUT2D eigenvalue weighted by Crippen LogP contribution is 2.31. The lowest BCUT2D eigenvalue weighted by atomic mass is 10.1. The maximum atomic E-state index is 12.3. The molecule has 0 spiro atoms. The molecular weight excluding hydrogens is 272 g/mol. The Kier molecular flexibility index (Phi) is 3.58. The lowest BCUT2D eigenvalue weighted by Crippen LogP contribution is -2.30. The first-order valence-electron chi connectivity index (χ1n) is 6.75. The molecule has 1 amide bonds. The van der Waals surface area contributed by atoms with E-state index in [0.717, 1.165) is 29.7 Å². The van der Waals surface area contributed by atoms with Crippen LogP contribution in [-0.4, -0.2) is 42.5 Å². The van der Waals surface area contributed by atoms with Crippen molar-refractivity contribution in [3.05, 3.63) is 23.2 Å². The Bertz CT molecular complexity index is 639. The first kappa shape index (κ1) is 13.3. The molecule has 2 aromatic rings. The van der Waals surface area contributed by atoms with E-state index in [1.54, 1.807) is 6.20 Å². The predicted molar refractivity (Wildman–Crippen MR) is 82.0 cm³/mol. The van der Waals surface area contributed by atoms with Crippen molar-refractivity contribution in [2.45, 2.75) is 6.42 Å². The molecule has 0 saturated carbocycles. The molecule has 3 heterocycles. The lowest BCUT2D eigenvalue weighted by molar-refractivity contribution is 0.0952. The summed E-state index contributed by atoms with van der Waals surface area (Å²) in [5, 5.41) is 3.00. The number of thiophene rings is 1. The van der Waals surface area contributed by atoms with E-state index in [1.165, 1.54) is 11.3 Å². The third-order valence-electron chi connectivity index (χ3n) is 3.73. The van der Waals surface area contributed by atoms with Gasteiger partial charge in [-0.3, -0.25) is 9.78 Å². The van der Waals surface area contributed by atoms with Gasteiger partial charge in [0.1, 0.15) is 10.4 Å². The van der Waals surface area contributed by atoms with Gasteiger partial charge in [0.2, 0.25) is 0 Å². The fraction of sp³-hybridized carbons (Fsp3) is 0.429. The second-order valence-corrected chi connectivity index (χ2v) is 6.37. The maximum absolute atomic E-state index is 12.3. The van der Waals surface area contributed by atoms with E-state index in [9.17, 15) is 4.79 Å². The molecule has 5 nitrogen and oxygen atoms in total. The molecule has 0 aliphatic carbocycles. The van der Waals surface area contributed by atoms with Crippen molar-refractivity contribution < 1.29 is 4.79 Å². The molecule has 1 aliphatic heterocycles. The topological polar surface area (TPSA) is 71.2 Å². The average Bonchev–Trinajstić information content (AvgIpc) is 3.01. The number of pyridine rings is 1. The van der Waals surface area contributed by atoms with Gasteiger partial charge in [-0.25, -0.2) is 0 Å². The minimum Gasteiger partial charge on any atom is -0.396 e. The van der Waals surface area contributed by atoms with Crippen LogP contribution in [0.15, 0.2) is 18.3 Å². The number of nitrogens with one attached hydrogen (secondary N) is 1. The number of nitrogen functional groups attached to an aromatic ring is 1. The number of rotatable bonds is 3. The number of nitrogens with two attached hydrogens (primary N) is 1. The van der Waals surface area contributed by atoms with Crippen molar-refractivity contribution in [3.8, 4) is 0 Å². The zero-order valence-electron chi connectivity index (χ0n) is 11.4. The fourth-order valence-electron chi connectivity index (χ4n) is 2.63. The van der Waals surface area contributed by atoms with Crippen LogP contribution in [0.2, 0.25) is 0 Å². The van der Waals surface area contributed by atoms with Gasteiger partial charge in [-0.15, -0.1) is 11.3 Å². The summed E-state index contributed by atoms with van der Waals surface area (Å²) in [6.45, 7) is 2.86. The van der Waals surface area contributed by atoms with Crippen LogP contribution in [-0.2, 0) is 0 Å². The van der Waals surface area contributed by atoms with E-state index in [2.05, 4.69) is 22.2 Å². The standard InChI is InChI=1S/C14H18N4OS/c1-18-6-4-9(8-18)7-17-14(19)13-11(15)12-10(20-13)3-2-5-16-12/h2-3,5,9H,4,6-8,15H2,1H3,(H,17,19). The number of fused-ring (bicyclic) bond motifs is 1. The summed E-state index contributed by atoms with van der Waals surface area (Å²) in [6.07, 6.45) is 2.84. The molecule has 2 aromatic heterocycles. The van der Waals surface area contributed by atoms with Crippen LogP contribution in [0.5, 0.6) is 0 Å². The summed E-state index contributed by atoms with van der Waals surface area (Å²) in [7, 11) is 2.11. The average molecular weight is 290 g/mol. The molecule has 106 valence electrons. The van der Waals surface area contributed by atoms with Crippen LogP contribution < -0.4 is 11.1 Å². The summed E-state index contributed by atoms with van der Waals surface area (Å²) in [4.78, 5) is 19.3.